The van der Waals surface area contributed by atoms with Gasteiger partial charge in [-0.3, -0.25) is 24.1 Å². The van der Waals surface area contributed by atoms with Gasteiger partial charge in [-0.25, -0.2) is 4.39 Å². The molecule has 7 nitrogen and oxygen atoms in total. The van der Waals surface area contributed by atoms with E-state index in [1.165, 1.54) is 17.0 Å². The highest BCUT2D eigenvalue weighted by Crippen LogP contribution is 2.23. The lowest BCUT2D eigenvalue weighted by Crippen LogP contribution is -2.48. The predicted octanol–water partition coefficient (Wildman–Crippen LogP) is 3.39. The van der Waals surface area contributed by atoms with E-state index < -0.39 is 6.04 Å². The highest BCUT2D eigenvalue weighted by atomic mass is 19.1. The molecule has 0 radical (unpaired) electrons. The van der Waals surface area contributed by atoms with Crippen LogP contribution in [0.3, 0.4) is 0 Å². The van der Waals surface area contributed by atoms with Crippen LogP contribution in [-0.2, 0) is 16.1 Å². The van der Waals surface area contributed by atoms with E-state index in [1.807, 2.05) is 13.8 Å². The maximum atomic E-state index is 13.3. The third kappa shape index (κ3) is 5.87. The van der Waals surface area contributed by atoms with Crippen molar-refractivity contribution in [1.29, 1.82) is 0 Å². The lowest BCUT2D eigenvalue weighted by atomic mass is 10.1. The highest BCUT2D eigenvalue weighted by Gasteiger charge is 2.35. The van der Waals surface area contributed by atoms with Crippen LogP contribution in [0.25, 0.3) is 0 Å². The fourth-order valence-corrected chi connectivity index (χ4v) is 3.80. The van der Waals surface area contributed by atoms with Gasteiger partial charge < -0.3 is 10.2 Å². The van der Waals surface area contributed by atoms with E-state index in [9.17, 15) is 23.6 Å². The summed E-state index contributed by atoms with van der Waals surface area (Å²) in [5.74, 6) is -1.41. The van der Waals surface area contributed by atoms with E-state index in [0.717, 1.165) is 4.90 Å². The van der Waals surface area contributed by atoms with Crippen molar-refractivity contribution in [2.45, 2.75) is 46.2 Å². The van der Waals surface area contributed by atoms with Gasteiger partial charge in [-0.15, -0.1) is 0 Å². The van der Waals surface area contributed by atoms with Crippen LogP contribution >= 0.6 is 0 Å². The van der Waals surface area contributed by atoms with Crippen LogP contribution in [0.2, 0.25) is 0 Å². The Morgan fingerprint density at radius 1 is 0.971 bits per heavy atom. The van der Waals surface area contributed by atoms with Crippen molar-refractivity contribution >= 4 is 23.6 Å². The summed E-state index contributed by atoms with van der Waals surface area (Å²) in [5, 5.41) is 2.84. The van der Waals surface area contributed by atoms with Gasteiger partial charge in [-0.05, 0) is 49.1 Å². The maximum absolute atomic E-state index is 13.3. The van der Waals surface area contributed by atoms with Crippen molar-refractivity contribution in [1.82, 2.24) is 15.1 Å². The molecule has 3 rings (SSSR count). The molecule has 1 heterocycles. The van der Waals surface area contributed by atoms with Gasteiger partial charge in [0.1, 0.15) is 11.9 Å². The van der Waals surface area contributed by atoms with E-state index in [1.54, 1.807) is 43.3 Å². The molecule has 2 aromatic carbocycles. The molecule has 0 fully saturated rings. The van der Waals surface area contributed by atoms with Gasteiger partial charge in [0.15, 0.2) is 0 Å². The molecule has 2 aromatic rings. The van der Waals surface area contributed by atoms with E-state index in [2.05, 4.69) is 5.32 Å². The Bertz CT molecular complexity index is 1030. The molecular weight excluding hydrogens is 437 g/mol. The first-order chi connectivity index (χ1) is 16.2. The summed E-state index contributed by atoms with van der Waals surface area (Å²) < 4.78 is 13.3. The number of nitrogens with one attached hydrogen (secondary N) is 1. The Balaban J connectivity index is 1.66. The van der Waals surface area contributed by atoms with E-state index in [0.29, 0.717) is 23.2 Å². The summed E-state index contributed by atoms with van der Waals surface area (Å²) in [4.78, 5) is 53.5. The summed E-state index contributed by atoms with van der Waals surface area (Å²) >= 11 is 0. The first-order valence-corrected chi connectivity index (χ1v) is 11.5. The minimum Gasteiger partial charge on any atom is -0.354 e. The normalized spacial score (nSPS) is 13.7. The first kappa shape index (κ1) is 25.1. The fourth-order valence-electron chi connectivity index (χ4n) is 3.80. The molecule has 8 heteroatoms. The number of halogens is 1. The Kier molecular flexibility index (Phi) is 8.15. The zero-order valence-electron chi connectivity index (χ0n) is 19.7. The van der Waals surface area contributed by atoms with E-state index in [4.69, 9.17) is 0 Å². The number of hydrogen-bond donors (Lipinski definition) is 1. The topological polar surface area (TPSA) is 86.8 Å². The predicted molar refractivity (Wildman–Crippen MR) is 125 cm³/mol. The third-order valence-corrected chi connectivity index (χ3v) is 5.77. The number of imide groups is 1. The molecular formula is C26H30FN3O4. The standard InChI is InChI=1S/C26H30FN3O4/c1-17(2)15-28-24(32)18(3)30(16-19-10-12-20(27)13-11-19)23(31)9-6-14-29-25(33)21-7-4-5-8-22(21)26(29)34/h4-5,7-8,10-13,17-18H,6,9,14-16H2,1-3H3,(H,28,32)/t18-/m1/s1. The Labute approximate surface area is 198 Å². The Morgan fingerprint density at radius 3 is 2.12 bits per heavy atom. The first-order valence-electron chi connectivity index (χ1n) is 11.5. The molecule has 0 unspecified atom stereocenters. The van der Waals surface area contributed by atoms with E-state index >= 15 is 0 Å². The number of benzene rings is 2. The summed E-state index contributed by atoms with van der Waals surface area (Å²) in [6, 6.07) is 11.7. The van der Waals surface area contributed by atoms with Gasteiger partial charge in [0.25, 0.3) is 11.8 Å². The minimum absolute atomic E-state index is 0.0520. The zero-order valence-corrected chi connectivity index (χ0v) is 19.7. The summed E-state index contributed by atoms with van der Waals surface area (Å²) in [7, 11) is 0. The summed E-state index contributed by atoms with van der Waals surface area (Å²) in [6.07, 6.45) is 0.320. The molecule has 0 spiro atoms. The van der Waals surface area contributed by atoms with E-state index in [-0.39, 0.29) is 61.3 Å². The van der Waals surface area contributed by atoms with Gasteiger partial charge >= 0.3 is 0 Å². The number of carbonyl (C=O) groups excluding carboxylic acids is 4. The lowest BCUT2D eigenvalue weighted by molar-refractivity contribution is -0.140. The van der Waals surface area contributed by atoms with Gasteiger partial charge in [-0.1, -0.05) is 38.1 Å². The molecule has 4 amide bonds. The number of nitrogens with zero attached hydrogens (tertiary/aromatic N) is 2. The van der Waals surface area contributed by atoms with Crippen LogP contribution < -0.4 is 5.32 Å². The van der Waals surface area contributed by atoms with Gasteiger partial charge in [0.05, 0.1) is 11.1 Å². The zero-order chi connectivity index (χ0) is 24.8. The molecule has 1 aliphatic heterocycles. The van der Waals surface area contributed by atoms with Crippen molar-refractivity contribution in [3.05, 3.63) is 71.0 Å². The van der Waals surface area contributed by atoms with Crippen LogP contribution in [0, 0.1) is 11.7 Å². The van der Waals surface area contributed by atoms with Gasteiger partial charge in [-0.2, -0.15) is 0 Å². The SMILES string of the molecule is CC(C)CNC(=O)[C@@H](C)N(Cc1ccc(F)cc1)C(=O)CCCN1C(=O)c2ccccc2C1=O. The smallest absolute Gasteiger partial charge is 0.261 e. The van der Waals surface area contributed by atoms with Crippen molar-refractivity contribution in [3.8, 4) is 0 Å². The average Bonchev–Trinajstić information content (AvgIpc) is 3.06. The quantitative estimate of drug-likeness (QED) is 0.543. The minimum atomic E-state index is -0.740. The summed E-state index contributed by atoms with van der Waals surface area (Å²) in [5.41, 5.74) is 1.43. The Morgan fingerprint density at radius 2 is 1.56 bits per heavy atom. The van der Waals surface area contributed by atoms with Crippen molar-refractivity contribution < 1.29 is 23.6 Å². The molecule has 1 atom stereocenters. The van der Waals surface area contributed by atoms with Crippen molar-refractivity contribution in [2.75, 3.05) is 13.1 Å². The molecule has 0 saturated carbocycles. The Hall–Kier alpha value is -3.55. The number of carbonyl (C=O) groups is 4. The monoisotopic (exact) mass is 467 g/mol. The van der Waals surface area contributed by atoms with Crippen LogP contribution in [0.5, 0.6) is 0 Å². The molecule has 180 valence electrons. The molecule has 0 saturated heterocycles. The van der Waals surface area contributed by atoms with Gasteiger partial charge in [0, 0.05) is 26.1 Å². The van der Waals surface area contributed by atoms with Crippen LogP contribution in [-0.4, -0.2) is 52.6 Å². The van der Waals surface area contributed by atoms with Gasteiger partial charge in [0.2, 0.25) is 11.8 Å². The maximum Gasteiger partial charge on any atom is 0.261 e. The third-order valence-electron chi connectivity index (χ3n) is 5.77. The second kappa shape index (κ2) is 11.0. The molecule has 1 aliphatic rings. The van der Waals surface area contributed by atoms with Crippen molar-refractivity contribution in [3.63, 3.8) is 0 Å². The van der Waals surface area contributed by atoms with Crippen LogP contribution in [0.4, 0.5) is 4.39 Å². The van der Waals surface area contributed by atoms with Crippen LogP contribution in [0.1, 0.15) is 59.9 Å². The number of rotatable bonds is 10. The second-order valence-electron chi connectivity index (χ2n) is 8.87. The number of hydrogen-bond acceptors (Lipinski definition) is 4. The number of amides is 4. The average molecular weight is 468 g/mol. The molecule has 0 aromatic heterocycles. The van der Waals surface area contributed by atoms with Crippen molar-refractivity contribution in [2.24, 2.45) is 5.92 Å². The summed E-state index contributed by atoms with van der Waals surface area (Å²) in [6.45, 7) is 6.35. The lowest BCUT2D eigenvalue weighted by Gasteiger charge is -2.29. The molecule has 0 aliphatic carbocycles. The molecule has 0 bridgehead atoms. The number of fused-ring (bicyclic) bond motifs is 1. The largest absolute Gasteiger partial charge is 0.354 e. The van der Waals surface area contributed by atoms with Crippen LogP contribution in [0.15, 0.2) is 48.5 Å². The fraction of sp³-hybridized carbons (Fsp3) is 0.385. The second-order valence-corrected chi connectivity index (χ2v) is 8.87. The highest BCUT2D eigenvalue weighted by molar-refractivity contribution is 6.21. The molecule has 34 heavy (non-hydrogen) atoms. The molecule has 1 N–H and O–H groups in total.